The van der Waals surface area contributed by atoms with Gasteiger partial charge in [0.15, 0.2) is 11.6 Å². The van der Waals surface area contributed by atoms with E-state index in [4.69, 9.17) is 5.11 Å². The maximum Gasteiger partial charge on any atom is 0.186 e. The van der Waals surface area contributed by atoms with Gasteiger partial charge in [-0.1, -0.05) is 13.8 Å². The van der Waals surface area contributed by atoms with Gasteiger partial charge in [-0.05, 0) is 12.1 Å². The molecule has 0 aliphatic carbocycles. The van der Waals surface area contributed by atoms with Crippen molar-refractivity contribution in [3.63, 3.8) is 0 Å². The molecule has 0 saturated carbocycles. The first-order valence-corrected chi connectivity index (χ1v) is 4.91. The van der Waals surface area contributed by atoms with Crippen LogP contribution in [0.3, 0.4) is 0 Å². The highest BCUT2D eigenvalue weighted by atomic mass is 19.2. The maximum atomic E-state index is 13.4. The Morgan fingerprint density at radius 2 is 2.06 bits per heavy atom. The van der Waals surface area contributed by atoms with Gasteiger partial charge >= 0.3 is 0 Å². The van der Waals surface area contributed by atoms with Crippen LogP contribution >= 0.6 is 0 Å². The molecule has 1 aromatic heterocycles. The summed E-state index contributed by atoms with van der Waals surface area (Å²) in [6.07, 6.45) is 0. The highest BCUT2D eigenvalue weighted by Gasteiger charge is 2.24. The molecule has 16 heavy (non-hydrogen) atoms. The van der Waals surface area contributed by atoms with Gasteiger partial charge in [-0.15, -0.1) is 0 Å². The smallest absolute Gasteiger partial charge is 0.186 e. The van der Waals surface area contributed by atoms with Gasteiger partial charge in [0, 0.05) is 5.41 Å². The van der Waals surface area contributed by atoms with Crippen molar-refractivity contribution in [3.05, 3.63) is 29.6 Å². The van der Waals surface area contributed by atoms with Gasteiger partial charge < -0.3 is 10.1 Å². The van der Waals surface area contributed by atoms with E-state index >= 15 is 0 Å². The number of fused-ring (bicyclic) bond motifs is 1. The minimum Gasteiger partial charge on any atom is -0.395 e. The van der Waals surface area contributed by atoms with E-state index in [0.29, 0.717) is 11.3 Å². The predicted molar refractivity (Wildman–Crippen MR) is 56.1 cm³/mol. The first-order valence-electron chi connectivity index (χ1n) is 4.91. The van der Waals surface area contributed by atoms with E-state index in [0.717, 1.165) is 6.07 Å². The van der Waals surface area contributed by atoms with Crippen LogP contribution < -0.4 is 0 Å². The fourth-order valence-corrected chi connectivity index (χ4v) is 1.41. The Morgan fingerprint density at radius 3 is 2.69 bits per heavy atom. The Labute approximate surface area is 91.1 Å². The number of hydrogen-bond acceptors (Lipinski definition) is 2. The summed E-state index contributed by atoms with van der Waals surface area (Å²) in [6.45, 7) is 3.40. The molecule has 0 bridgehead atoms. The summed E-state index contributed by atoms with van der Waals surface area (Å²) >= 11 is 0. The molecule has 5 heteroatoms. The molecule has 0 spiro atoms. The minimum atomic E-state index is -0.964. The van der Waals surface area contributed by atoms with Gasteiger partial charge in [-0.3, -0.25) is 0 Å². The number of aromatic nitrogens is 2. The van der Waals surface area contributed by atoms with E-state index in [2.05, 4.69) is 9.97 Å². The number of imidazole rings is 1. The number of nitrogens with zero attached hydrogens (tertiary/aromatic N) is 1. The second-order valence-corrected chi connectivity index (χ2v) is 4.38. The van der Waals surface area contributed by atoms with Crippen LogP contribution in [0.15, 0.2) is 12.1 Å². The van der Waals surface area contributed by atoms with Gasteiger partial charge in [0.05, 0.1) is 12.1 Å². The molecule has 0 unspecified atom stereocenters. The third-order valence-corrected chi connectivity index (χ3v) is 2.58. The molecule has 2 rings (SSSR count). The van der Waals surface area contributed by atoms with Gasteiger partial charge in [0.25, 0.3) is 0 Å². The van der Waals surface area contributed by atoms with Crippen molar-refractivity contribution in [1.82, 2.24) is 9.97 Å². The number of aliphatic hydroxyl groups is 1. The molecule has 0 aliphatic heterocycles. The van der Waals surface area contributed by atoms with Crippen LogP contribution in [0.2, 0.25) is 0 Å². The molecule has 2 aromatic rings. The molecule has 0 aliphatic rings. The van der Waals surface area contributed by atoms with E-state index in [1.54, 1.807) is 13.8 Å². The molecular formula is C11H12F2N2O. The van der Waals surface area contributed by atoms with E-state index < -0.39 is 17.0 Å². The van der Waals surface area contributed by atoms with Crippen molar-refractivity contribution in [2.75, 3.05) is 6.61 Å². The van der Waals surface area contributed by atoms with Crippen LogP contribution in [0.5, 0.6) is 0 Å². The SMILES string of the molecule is CC(C)(CO)c1nc2c(F)c(F)ccc2[nH]1. The van der Waals surface area contributed by atoms with Crippen LogP contribution in [0.1, 0.15) is 19.7 Å². The Bertz CT molecular complexity index is 534. The van der Waals surface area contributed by atoms with Gasteiger partial charge in [0.2, 0.25) is 0 Å². The first-order chi connectivity index (χ1) is 7.45. The van der Waals surface area contributed by atoms with Crippen LogP contribution in [-0.4, -0.2) is 21.7 Å². The second kappa shape index (κ2) is 3.52. The average Bonchev–Trinajstić information content (AvgIpc) is 2.69. The maximum absolute atomic E-state index is 13.4. The quantitative estimate of drug-likeness (QED) is 0.823. The molecule has 86 valence electrons. The zero-order valence-electron chi connectivity index (χ0n) is 9.01. The predicted octanol–water partition coefficient (Wildman–Crippen LogP) is 2.11. The van der Waals surface area contributed by atoms with Crippen molar-refractivity contribution in [2.45, 2.75) is 19.3 Å². The summed E-state index contributed by atoms with van der Waals surface area (Å²) < 4.78 is 26.3. The van der Waals surface area contributed by atoms with Crippen molar-refractivity contribution in [1.29, 1.82) is 0 Å². The van der Waals surface area contributed by atoms with Crippen LogP contribution in [0.4, 0.5) is 8.78 Å². The summed E-state index contributed by atoms with van der Waals surface area (Å²) in [4.78, 5) is 6.86. The van der Waals surface area contributed by atoms with Crippen molar-refractivity contribution in [2.24, 2.45) is 0 Å². The first kappa shape index (κ1) is 11.0. The molecule has 1 aromatic carbocycles. The molecule has 0 saturated heterocycles. The van der Waals surface area contributed by atoms with Crippen molar-refractivity contribution in [3.8, 4) is 0 Å². The number of halogens is 2. The molecule has 0 amide bonds. The number of hydrogen-bond donors (Lipinski definition) is 2. The number of aliphatic hydroxyl groups excluding tert-OH is 1. The normalized spacial score (nSPS) is 12.3. The van der Waals surface area contributed by atoms with E-state index in [-0.39, 0.29) is 12.1 Å². The van der Waals surface area contributed by atoms with Gasteiger partial charge in [0.1, 0.15) is 11.3 Å². The largest absolute Gasteiger partial charge is 0.395 e. The van der Waals surface area contributed by atoms with E-state index in [1.807, 2.05) is 0 Å². The summed E-state index contributed by atoms with van der Waals surface area (Å²) in [6, 6.07) is 2.48. The monoisotopic (exact) mass is 226 g/mol. The van der Waals surface area contributed by atoms with Gasteiger partial charge in [-0.25, -0.2) is 13.8 Å². The molecule has 0 radical (unpaired) electrons. The number of benzene rings is 1. The minimum absolute atomic E-state index is 0.0310. The number of aromatic amines is 1. The molecule has 1 heterocycles. The van der Waals surface area contributed by atoms with Crippen molar-refractivity contribution < 1.29 is 13.9 Å². The average molecular weight is 226 g/mol. The standard InChI is InChI=1S/C11H12F2N2O/c1-11(2,5-16)10-14-7-4-3-6(12)8(13)9(7)15-10/h3-4,16H,5H2,1-2H3,(H,14,15). The number of rotatable bonds is 2. The topological polar surface area (TPSA) is 48.9 Å². The van der Waals surface area contributed by atoms with Crippen LogP contribution in [0.25, 0.3) is 11.0 Å². The lowest BCUT2D eigenvalue weighted by Crippen LogP contribution is -2.23. The lowest BCUT2D eigenvalue weighted by Gasteiger charge is -2.17. The third kappa shape index (κ3) is 1.57. The summed E-state index contributed by atoms with van der Waals surface area (Å²) in [7, 11) is 0. The molecule has 0 atom stereocenters. The Morgan fingerprint density at radius 1 is 1.38 bits per heavy atom. The summed E-state index contributed by atoms with van der Waals surface area (Å²) in [5.41, 5.74) is -0.214. The third-order valence-electron chi connectivity index (χ3n) is 2.58. The van der Waals surface area contributed by atoms with E-state index in [9.17, 15) is 8.78 Å². The highest BCUT2D eigenvalue weighted by molar-refractivity contribution is 5.76. The summed E-state index contributed by atoms with van der Waals surface area (Å²) in [5.74, 6) is -1.45. The highest BCUT2D eigenvalue weighted by Crippen LogP contribution is 2.24. The lowest BCUT2D eigenvalue weighted by atomic mass is 9.94. The van der Waals surface area contributed by atoms with Crippen LogP contribution in [0, 0.1) is 11.6 Å². The lowest BCUT2D eigenvalue weighted by molar-refractivity contribution is 0.212. The molecular weight excluding hydrogens is 214 g/mol. The van der Waals surface area contributed by atoms with Crippen LogP contribution in [-0.2, 0) is 5.41 Å². The van der Waals surface area contributed by atoms with Gasteiger partial charge in [-0.2, -0.15) is 0 Å². The fraction of sp³-hybridized carbons (Fsp3) is 0.364. The number of nitrogens with one attached hydrogen (secondary N) is 1. The Hall–Kier alpha value is -1.49. The number of H-pyrrole nitrogens is 1. The summed E-state index contributed by atoms with van der Waals surface area (Å²) in [5, 5.41) is 9.17. The Balaban J connectivity index is 2.65. The van der Waals surface area contributed by atoms with Crippen molar-refractivity contribution >= 4 is 11.0 Å². The zero-order chi connectivity index (χ0) is 11.9. The van der Waals surface area contributed by atoms with E-state index in [1.165, 1.54) is 6.07 Å². The zero-order valence-corrected chi connectivity index (χ0v) is 9.01. The molecule has 0 fully saturated rings. The second-order valence-electron chi connectivity index (χ2n) is 4.38. The Kier molecular flexibility index (Phi) is 2.42. The molecule has 2 N–H and O–H groups in total. The fourth-order valence-electron chi connectivity index (χ4n) is 1.41. The molecule has 3 nitrogen and oxygen atoms in total.